The number of nitrogens with zero attached hydrogens (tertiary/aromatic N) is 3. The second kappa shape index (κ2) is 13.6. The molecular weight excluding hydrogens is 588 g/mol. The van der Waals surface area contributed by atoms with E-state index >= 15 is 0 Å². The number of benzene rings is 3. The molecule has 8 heteroatoms. The van der Waals surface area contributed by atoms with Gasteiger partial charge >= 0.3 is 0 Å². The number of aliphatic hydroxyl groups is 1. The van der Waals surface area contributed by atoms with Crippen LogP contribution in [0.25, 0.3) is 0 Å². The van der Waals surface area contributed by atoms with Crippen molar-refractivity contribution in [3.8, 4) is 17.2 Å². The van der Waals surface area contributed by atoms with Gasteiger partial charge in [-0.2, -0.15) is 0 Å². The molecule has 0 bridgehead atoms. The number of rotatable bonds is 8. The summed E-state index contributed by atoms with van der Waals surface area (Å²) in [5, 5.41) is 13.7. The van der Waals surface area contributed by atoms with Gasteiger partial charge in [-0.15, -0.1) is 0 Å². The first-order chi connectivity index (χ1) is 23.1. The first kappa shape index (κ1) is 30.4. The highest BCUT2D eigenvalue weighted by Crippen LogP contribution is 2.36. The third-order valence-electron chi connectivity index (χ3n) is 10.5. The average Bonchev–Trinajstić information content (AvgIpc) is 3.11. The van der Waals surface area contributed by atoms with Crippen LogP contribution in [0.1, 0.15) is 48.8 Å². The third-order valence-corrected chi connectivity index (χ3v) is 10.5. The zero-order valence-electron chi connectivity index (χ0n) is 27.2. The molecule has 47 heavy (non-hydrogen) atoms. The smallest absolute Gasteiger partial charge is 0.161 e. The molecule has 0 saturated heterocycles. The summed E-state index contributed by atoms with van der Waals surface area (Å²) in [6, 6.07) is 21.3. The number of aliphatic hydroxyl groups excluding tert-OH is 1. The summed E-state index contributed by atoms with van der Waals surface area (Å²) in [4.78, 5) is 7.25. The van der Waals surface area contributed by atoms with E-state index in [0.717, 1.165) is 61.2 Å². The lowest BCUT2D eigenvalue weighted by Gasteiger charge is -2.37. The van der Waals surface area contributed by atoms with E-state index in [1.54, 1.807) is 0 Å². The summed E-state index contributed by atoms with van der Waals surface area (Å²) in [6.07, 6.45) is 11.4. The molecule has 8 rings (SSSR count). The molecular formula is C39H46N4O4. The van der Waals surface area contributed by atoms with Gasteiger partial charge in [0.1, 0.15) is 30.7 Å². The molecule has 0 amide bonds. The van der Waals surface area contributed by atoms with Crippen LogP contribution in [0, 0.1) is 11.8 Å². The van der Waals surface area contributed by atoms with Gasteiger partial charge in [-0.3, -0.25) is 9.80 Å². The van der Waals surface area contributed by atoms with Gasteiger partial charge in [0.05, 0.1) is 6.10 Å². The van der Waals surface area contributed by atoms with Gasteiger partial charge in [-0.05, 0) is 92.0 Å². The minimum absolute atomic E-state index is 0.392. The number of ether oxygens (including phenoxy) is 3. The molecule has 0 spiro atoms. The number of hydrogen-bond acceptors (Lipinski definition) is 8. The summed E-state index contributed by atoms with van der Waals surface area (Å²) in [5.41, 5.74) is 7.03. The fourth-order valence-corrected chi connectivity index (χ4v) is 7.82. The monoisotopic (exact) mass is 634 g/mol. The lowest BCUT2D eigenvalue weighted by Crippen LogP contribution is -2.39. The lowest BCUT2D eigenvalue weighted by atomic mass is 9.81. The van der Waals surface area contributed by atoms with Crippen molar-refractivity contribution in [1.29, 1.82) is 0 Å². The van der Waals surface area contributed by atoms with Gasteiger partial charge in [-0.1, -0.05) is 36.4 Å². The average molecular weight is 635 g/mol. The first-order valence-electron chi connectivity index (χ1n) is 17.3. The Morgan fingerprint density at radius 3 is 2.11 bits per heavy atom. The maximum atomic E-state index is 10.2. The molecule has 3 aliphatic heterocycles. The van der Waals surface area contributed by atoms with E-state index in [2.05, 4.69) is 74.6 Å². The molecule has 3 aromatic rings. The molecule has 1 atom stereocenters. The van der Waals surface area contributed by atoms with E-state index in [0.29, 0.717) is 45.0 Å². The van der Waals surface area contributed by atoms with Gasteiger partial charge in [0.15, 0.2) is 6.73 Å². The molecule has 3 aromatic carbocycles. The Morgan fingerprint density at radius 1 is 0.702 bits per heavy atom. The van der Waals surface area contributed by atoms with E-state index < -0.39 is 6.10 Å². The third kappa shape index (κ3) is 7.00. The second-order valence-electron chi connectivity index (χ2n) is 13.9. The predicted molar refractivity (Wildman–Crippen MR) is 185 cm³/mol. The Hall–Kier alpha value is -3.98. The molecule has 5 aliphatic rings. The molecule has 1 fully saturated rings. The highest BCUT2D eigenvalue weighted by molar-refractivity contribution is 5.55. The molecule has 0 radical (unpaired) electrons. The first-order valence-corrected chi connectivity index (χ1v) is 17.3. The van der Waals surface area contributed by atoms with Gasteiger partial charge in [-0.25, -0.2) is 0 Å². The fraction of sp³-hybridized carbons (Fsp3) is 0.436. The van der Waals surface area contributed by atoms with E-state index in [1.165, 1.54) is 48.1 Å². The van der Waals surface area contributed by atoms with Gasteiger partial charge in [0.25, 0.3) is 0 Å². The number of hydrogen-bond donors (Lipinski definition) is 2. The van der Waals surface area contributed by atoms with Crippen molar-refractivity contribution < 1.29 is 19.3 Å². The minimum atomic E-state index is -0.392. The van der Waals surface area contributed by atoms with Crippen LogP contribution < -0.4 is 24.4 Å². The molecule has 2 N–H and O–H groups in total. The molecule has 246 valence electrons. The quantitative estimate of drug-likeness (QED) is 0.291. The van der Waals surface area contributed by atoms with E-state index in [-0.39, 0.29) is 0 Å². The van der Waals surface area contributed by atoms with Crippen LogP contribution in [0.3, 0.4) is 0 Å². The summed E-state index contributed by atoms with van der Waals surface area (Å²) < 4.78 is 18.4. The fourth-order valence-electron chi connectivity index (χ4n) is 7.82. The van der Waals surface area contributed by atoms with Crippen molar-refractivity contribution in [2.24, 2.45) is 11.8 Å². The van der Waals surface area contributed by atoms with Crippen molar-refractivity contribution in [2.45, 2.75) is 57.8 Å². The molecule has 3 heterocycles. The normalized spacial score (nSPS) is 24.1. The van der Waals surface area contributed by atoms with Crippen molar-refractivity contribution in [2.75, 3.05) is 50.0 Å². The highest BCUT2D eigenvalue weighted by Gasteiger charge is 2.28. The van der Waals surface area contributed by atoms with E-state index in [9.17, 15) is 5.11 Å². The SMILES string of the molecule is OC1CC=CC=C1CNc1ccc2c(c1)CN(CC1CCC(CN3COc4ccc(N5COc6ccccc6C5)cc4C3)CC1)CO2. The Bertz CT molecular complexity index is 1630. The lowest BCUT2D eigenvalue weighted by molar-refractivity contribution is 0.0527. The van der Waals surface area contributed by atoms with Gasteiger partial charge in [0, 0.05) is 67.3 Å². The zero-order valence-corrected chi connectivity index (χ0v) is 27.2. The van der Waals surface area contributed by atoms with Crippen LogP contribution in [-0.4, -0.2) is 60.8 Å². The number of anilines is 2. The molecule has 1 saturated carbocycles. The summed E-state index contributed by atoms with van der Waals surface area (Å²) in [7, 11) is 0. The molecule has 1 unspecified atom stereocenters. The minimum Gasteiger partial charge on any atom is -0.478 e. The number of nitrogens with one attached hydrogen (secondary N) is 1. The number of allylic oxidation sites excluding steroid dienone is 2. The standard InChI is InChI=1S/C39H46N4O4/c44-36-7-3-1-5-30(36)19-40-34-13-15-38-32(17-34)22-41(25-45-38)20-28-9-11-29(12-10-28)21-42-23-33-18-35(14-16-39(33)46-26-42)43-24-31-6-2-4-8-37(31)47-27-43/h1-6,8,13-18,28-29,36,40,44H,7,9-12,19-27H2. The Labute approximate surface area is 278 Å². The summed E-state index contributed by atoms with van der Waals surface area (Å²) in [6.45, 7) is 7.45. The zero-order chi connectivity index (χ0) is 31.6. The Kier molecular flexibility index (Phi) is 8.81. The van der Waals surface area contributed by atoms with Crippen LogP contribution in [0.15, 0.2) is 84.5 Å². The summed E-state index contributed by atoms with van der Waals surface area (Å²) in [5.74, 6) is 4.42. The van der Waals surface area contributed by atoms with Crippen molar-refractivity contribution >= 4 is 11.4 Å². The predicted octanol–water partition coefficient (Wildman–Crippen LogP) is 6.51. The van der Waals surface area contributed by atoms with Crippen LogP contribution >= 0.6 is 0 Å². The molecule has 8 nitrogen and oxygen atoms in total. The second-order valence-corrected chi connectivity index (χ2v) is 13.9. The Morgan fingerprint density at radius 2 is 1.36 bits per heavy atom. The Balaban J connectivity index is 0.803. The number of para-hydroxylation sites is 1. The van der Waals surface area contributed by atoms with E-state index in [4.69, 9.17) is 14.2 Å². The van der Waals surface area contributed by atoms with Gasteiger partial charge < -0.3 is 29.5 Å². The van der Waals surface area contributed by atoms with E-state index in [1.807, 2.05) is 24.3 Å². The summed E-state index contributed by atoms with van der Waals surface area (Å²) >= 11 is 0. The number of fused-ring (bicyclic) bond motifs is 3. The van der Waals surface area contributed by atoms with Crippen molar-refractivity contribution in [3.63, 3.8) is 0 Å². The maximum absolute atomic E-state index is 10.2. The van der Waals surface area contributed by atoms with Crippen LogP contribution in [0.4, 0.5) is 11.4 Å². The highest BCUT2D eigenvalue weighted by atomic mass is 16.5. The van der Waals surface area contributed by atoms with Crippen LogP contribution in [-0.2, 0) is 19.6 Å². The largest absolute Gasteiger partial charge is 0.478 e. The molecule has 2 aliphatic carbocycles. The maximum Gasteiger partial charge on any atom is 0.161 e. The van der Waals surface area contributed by atoms with Crippen molar-refractivity contribution in [1.82, 2.24) is 9.80 Å². The van der Waals surface area contributed by atoms with Gasteiger partial charge in [0.2, 0.25) is 0 Å². The topological polar surface area (TPSA) is 69.7 Å². The van der Waals surface area contributed by atoms with Crippen molar-refractivity contribution in [3.05, 3.63) is 101 Å². The van der Waals surface area contributed by atoms with Crippen LogP contribution in [0.2, 0.25) is 0 Å². The van der Waals surface area contributed by atoms with Crippen LogP contribution in [0.5, 0.6) is 17.2 Å². The molecule has 0 aromatic heterocycles.